The van der Waals surface area contributed by atoms with Gasteiger partial charge in [0.05, 0.1) is 12.0 Å². The summed E-state index contributed by atoms with van der Waals surface area (Å²) < 4.78 is 0. The third-order valence-electron chi connectivity index (χ3n) is 12.2. The third-order valence-corrected chi connectivity index (χ3v) is 12.2. The van der Waals surface area contributed by atoms with E-state index in [9.17, 15) is 15.0 Å². The molecule has 0 saturated heterocycles. The van der Waals surface area contributed by atoms with E-state index in [0.717, 1.165) is 64.2 Å². The van der Waals surface area contributed by atoms with E-state index in [-0.39, 0.29) is 39.6 Å². The largest absolute Gasteiger partial charge is 0.481 e. The van der Waals surface area contributed by atoms with Crippen LogP contribution in [0.1, 0.15) is 113 Å². The Bertz CT molecular complexity index is 881. The van der Waals surface area contributed by atoms with Crippen molar-refractivity contribution in [1.29, 1.82) is 0 Å². The molecular formula is C31H50O3. The zero-order chi connectivity index (χ0) is 25.3. The summed E-state index contributed by atoms with van der Waals surface area (Å²) in [6, 6.07) is 0. The third kappa shape index (κ3) is 3.58. The molecule has 0 spiro atoms. The number of fused-ring (bicyclic) bond motifs is 4. The van der Waals surface area contributed by atoms with E-state index in [2.05, 4.69) is 55.0 Å². The highest BCUT2D eigenvalue weighted by atomic mass is 16.4. The van der Waals surface area contributed by atoms with Crippen LogP contribution in [0, 0.1) is 45.3 Å². The molecule has 2 saturated carbocycles. The maximum Gasteiger partial charge on any atom is 0.306 e. The summed E-state index contributed by atoms with van der Waals surface area (Å²) in [6.07, 6.45) is 9.98. The molecular weight excluding hydrogens is 420 g/mol. The molecule has 0 bridgehead atoms. The lowest BCUT2D eigenvalue weighted by Gasteiger charge is -2.62. The standard InChI is InChI=1S/C31H50O3/c1-19(2)20(3)9-10-21(27(33)34)22-13-17-31(8)24-11-12-25-28(4,5)26(32)15-16-29(25,6)23(24)14-18-30(22,31)7/h19,21-22,25-26,32H,3,9-18H2,1-2,4-8H3,(H,33,34)/t21?,22?,25?,26?,29-,30-,31+/m1/s1. The molecule has 3 nitrogen and oxygen atoms in total. The number of aliphatic hydroxyl groups is 1. The molecule has 0 aromatic rings. The van der Waals surface area contributed by atoms with Crippen LogP contribution >= 0.6 is 0 Å². The number of allylic oxidation sites excluding steroid dienone is 3. The zero-order valence-corrected chi connectivity index (χ0v) is 23.0. The van der Waals surface area contributed by atoms with Gasteiger partial charge in [0.2, 0.25) is 0 Å². The van der Waals surface area contributed by atoms with Gasteiger partial charge in [-0.1, -0.05) is 71.8 Å². The van der Waals surface area contributed by atoms with Crippen molar-refractivity contribution < 1.29 is 15.0 Å². The smallest absolute Gasteiger partial charge is 0.306 e. The van der Waals surface area contributed by atoms with E-state index in [1.165, 1.54) is 5.57 Å². The van der Waals surface area contributed by atoms with E-state index >= 15 is 0 Å². The summed E-state index contributed by atoms with van der Waals surface area (Å²) in [7, 11) is 0. The summed E-state index contributed by atoms with van der Waals surface area (Å²) in [5.74, 6) is 0.293. The Morgan fingerprint density at radius 3 is 2.29 bits per heavy atom. The van der Waals surface area contributed by atoms with Crippen LogP contribution < -0.4 is 0 Å². The molecule has 4 aliphatic carbocycles. The number of rotatable bonds is 6. The van der Waals surface area contributed by atoms with Gasteiger partial charge >= 0.3 is 5.97 Å². The minimum Gasteiger partial charge on any atom is -0.481 e. The lowest BCUT2D eigenvalue weighted by Crippen LogP contribution is -2.55. The van der Waals surface area contributed by atoms with Crippen molar-refractivity contribution in [1.82, 2.24) is 0 Å². The predicted octanol–water partition coefficient (Wildman–Crippen LogP) is 7.79. The normalized spacial score (nSPS) is 42.1. The first-order valence-electron chi connectivity index (χ1n) is 14.0. The Hall–Kier alpha value is -1.09. The van der Waals surface area contributed by atoms with Crippen LogP contribution in [0.4, 0.5) is 0 Å². The second-order valence-electron chi connectivity index (χ2n) is 14.0. The second-order valence-corrected chi connectivity index (χ2v) is 14.0. The highest BCUT2D eigenvalue weighted by molar-refractivity contribution is 5.70. The van der Waals surface area contributed by atoms with Gasteiger partial charge in [0.15, 0.2) is 0 Å². The van der Waals surface area contributed by atoms with Crippen molar-refractivity contribution in [2.75, 3.05) is 0 Å². The molecule has 0 aromatic heterocycles. The topological polar surface area (TPSA) is 57.5 Å². The maximum absolute atomic E-state index is 12.5. The van der Waals surface area contributed by atoms with Crippen molar-refractivity contribution in [2.24, 2.45) is 45.3 Å². The minimum atomic E-state index is -0.606. The van der Waals surface area contributed by atoms with E-state index in [4.69, 9.17) is 0 Å². The van der Waals surface area contributed by atoms with E-state index < -0.39 is 5.97 Å². The SMILES string of the molecule is C=C(CCC(C(=O)O)C1CC[C@@]2(C)C3=C(CC[C@]12C)[C@@]1(C)CCC(O)C(C)(C)C1CC3)C(C)C. The van der Waals surface area contributed by atoms with Crippen LogP contribution in [0.15, 0.2) is 23.3 Å². The van der Waals surface area contributed by atoms with Gasteiger partial charge in [0.1, 0.15) is 0 Å². The Balaban J connectivity index is 1.67. The average Bonchev–Trinajstić information content (AvgIpc) is 3.02. The van der Waals surface area contributed by atoms with Crippen LogP contribution in [-0.4, -0.2) is 22.3 Å². The van der Waals surface area contributed by atoms with Crippen molar-refractivity contribution in [3.8, 4) is 0 Å². The van der Waals surface area contributed by atoms with Crippen molar-refractivity contribution in [3.63, 3.8) is 0 Å². The van der Waals surface area contributed by atoms with Crippen LogP contribution in [0.3, 0.4) is 0 Å². The number of hydrogen-bond donors (Lipinski definition) is 2. The average molecular weight is 471 g/mol. The first kappa shape index (κ1) is 26.0. The first-order valence-corrected chi connectivity index (χ1v) is 14.0. The summed E-state index contributed by atoms with van der Waals surface area (Å²) in [6.45, 7) is 20.5. The number of carbonyl (C=O) groups is 1. The van der Waals surface area contributed by atoms with Gasteiger partial charge in [-0.3, -0.25) is 4.79 Å². The van der Waals surface area contributed by atoms with Gasteiger partial charge in [-0.25, -0.2) is 0 Å². The molecule has 34 heavy (non-hydrogen) atoms. The van der Waals surface area contributed by atoms with Crippen molar-refractivity contribution >= 4 is 5.97 Å². The molecule has 3 heteroatoms. The van der Waals surface area contributed by atoms with Gasteiger partial charge in [-0.15, -0.1) is 0 Å². The summed E-state index contributed by atoms with van der Waals surface area (Å²) in [5, 5.41) is 21.1. The molecule has 4 aliphatic rings. The lowest BCUT2D eigenvalue weighted by atomic mass is 9.43. The maximum atomic E-state index is 12.5. The van der Waals surface area contributed by atoms with Gasteiger partial charge in [-0.2, -0.15) is 0 Å². The monoisotopic (exact) mass is 470 g/mol. The second kappa shape index (κ2) is 8.49. The van der Waals surface area contributed by atoms with E-state index in [1.54, 1.807) is 11.1 Å². The quantitative estimate of drug-likeness (QED) is 0.389. The van der Waals surface area contributed by atoms with Crippen LogP contribution in [0.5, 0.6) is 0 Å². The van der Waals surface area contributed by atoms with E-state index in [1.807, 2.05) is 0 Å². The Morgan fingerprint density at radius 1 is 1.00 bits per heavy atom. The number of carboxylic acids is 1. The van der Waals surface area contributed by atoms with Crippen molar-refractivity contribution in [3.05, 3.63) is 23.3 Å². The fourth-order valence-corrected chi connectivity index (χ4v) is 9.49. The number of aliphatic hydroxyl groups excluding tert-OH is 1. The number of aliphatic carboxylic acids is 1. The molecule has 192 valence electrons. The van der Waals surface area contributed by atoms with Crippen LogP contribution in [0.2, 0.25) is 0 Å². The molecule has 7 atom stereocenters. The highest BCUT2D eigenvalue weighted by Gasteiger charge is 2.64. The van der Waals surface area contributed by atoms with Gasteiger partial charge in [0, 0.05) is 0 Å². The Kier molecular flexibility index (Phi) is 6.49. The molecule has 4 unspecified atom stereocenters. The molecule has 0 heterocycles. The molecule has 0 radical (unpaired) electrons. The molecule has 0 aromatic carbocycles. The van der Waals surface area contributed by atoms with Gasteiger partial charge in [-0.05, 0) is 104 Å². The number of hydrogen-bond acceptors (Lipinski definition) is 2. The Labute approximate surface area is 208 Å². The fraction of sp³-hybridized carbons (Fsp3) is 0.839. The lowest BCUT2D eigenvalue weighted by molar-refractivity contribution is -0.146. The molecule has 4 rings (SSSR count). The first-order chi connectivity index (χ1) is 15.7. The highest BCUT2D eigenvalue weighted by Crippen LogP contribution is 2.72. The molecule has 0 amide bonds. The molecule has 2 N–H and O–H groups in total. The summed E-state index contributed by atoms with van der Waals surface area (Å²) in [5.41, 5.74) is 4.84. The molecule has 0 aliphatic heterocycles. The van der Waals surface area contributed by atoms with Crippen molar-refractivity contribution in [2.45, 2.75) is 119 Å². The summed E-state index contributed by atoms with van der Waals surface area (Å²) in [4.78, 5) is 12.5. The van der Waals surface area contributed by atoms with E-state index in [0.29, 0.717) is 11.8 Å². The van der Waals surface area contributed by atoms with Gasteiger partial charge < -0.3 is 10.2 Å². The zero-order valence-electron chi connectivity index (χ0n) is 23.0. The fourth-order valence-electron chi connectivity index (χ4n) is 9.49. The van der Waals surface area contributed by atoms with Gasteiger partial charge in [0.25, 0.3) is 0 Å². The minimum absolute atomic E-state index is 0.0426. The predicted molar refractivity (Wildman–Crippen MR) is 139 cm³/mol. The molecule has 2 fully saturated rings. The van der Waals surface area contributed by atoms with Crippen LogP contribution in [0.25, 0.3) is 0 Å². The Morgan fingerprint density at radius 2 is 1.68 bits per heavy atom. The van der Waals surface area contributed by atoms with Crippen LogP contribution in [-0.2, 0) is 4.79 Å². The summed E-state index contributed by atoms with van der Waals surface area (Å²) >= 11 is 0. The number of carboxylic acid groups (broad SMARTS) is 1.